The summed E-state index contributed by atoms with van der Waals surface area (Å²) >= 11 is 0. The number of β-lactam (4-membered cyclic amide) rings is 1. The summed E-state index contributed by atoms with van der Waals surface area (Å²) in [6.07, 6.45) is -1.16. The number of rotatable bonds is 4. The van der Waals surface area contributed by atoms with Crippen LogP contribution in [0.1, 0.15) is 12.0 Å². The largest absolute Gasteiger partial charge is 0.491 e. The van der Waals surface area contributed by atoms with Crippen LogP contribution >= 0.6 is 0 Å². The highest BCUT2D eigenvalue weighted by Crippen LogP contribution is 2.46. The molecule has 10 heteroatoms. The predicted molar refractivity (Wildman–Crippen MR) is 92.4 cm³/mol. The number of aliphatic carboxylic acids is 1. The van der Waals surface area contributed by atoms with Gasteiger partial charge in [-0.2, -0.15) is 13.2 Å². The first kappa shape index (κ1) is 19.2. The normalized spacial score (nSPS) is 25.8. The molecule has 2 fully saturated rings. The molecule has 29 heavy (non-hydrogen) atoms. The van der Waals surface area contributed by atoms with Crippen molar-refractivity contribution in [1.82, 2.24) is 10.2 Å². The van der Waals surface area contributed by atoms with Crippen molar-refractivity contribution in [2.45, 2.75) is 24.7 Å². The van der Waals surface area contributed by atoms with Crippen molar-refractivity contribution in [3.05, 3.63) is 47.2 Å². The minimum atomic E-state index is -5.08. The fraction of sp³-hybridized carbons (Fsp3) is 0.316. The molecule has 3 atom stereocenters. The molecule has 0 bridgehead atoms. The van der Waals surface area contributed by atoms with Gasteiger partial charge in [-0.25, -0.2) is 9.59 Å². The Morgan fingerprint density at radius 2 is 1.90 bits per heavy atom. The average Bonchev–Trinajstić information content (AvgIpc) is 3.00. The van der Waals surface area contributed by atoms with Gasteiger partial charge >= 0.3 is 18.1 Å². The second-order valence-corrected chi connectivity index (χ2v) is 6.92. The van der Waals surface area contributed by atoms with E-state index >= 15 is 0 Å². The smallest absolute Gasteiger partial charge is 0.477 e. The summed E-state index contributed by atoms with van der Waals surface area (Å²) in [5.41, 5.74) is 1.09. The molecule has 3 aliphatic heterocycles. The number of esters is 1. The predicted octanol–water partition coefficient (Wildman–Crippen LogP) is 1.71. The van der Waals surface area contributed by atoms with E-state index in [1.807, 2.05) is 0 Å². The van der Waals surface area contributed by atoms with Crippen LogP contribution in [0.2, 0.25) is 0 Å². The van der Waals surface area contributed by atoms with Crippen molar-refractivity contribution in [3.63, 3.8) is 0 Å². The molecule has 2 N–H and O–H groups in total. The molecule has 0 aromatic heterocycles. The summed E-state index contributed by atoms with van der Waals surface area (Å²) in [5, 5.41) is 12.7. The maximum Gasteiger partial charge on any atom is 0.491 e. The van der Waals surface area contributed by atoms with Crippen molar-refractivity contribution < 1.29 is 37.4 Å². The average molecular weight is 408 g/mol. The summed E-state index contributed by atoms with van der Waals surface area (Å²) in [5.74, 6) is -4.09. The van der Waals surface area contributed by atoms with Crippen LogP contribution in [0, 0.1) is 5.92 Å². The Morgan fingerprint density at radius 3 is 2.52 bits per heavy atom. The molecular weight excluding hydrogens is 393 g/mol. The standard InChI is InChI=1S/C19H15F3N2O5/c20-19(21,22)18(28)29-10-4-1-9(2-5-10)3-6-11-12-7-8-23-13-14(12)24(16(13)25)15(11)17(26)27/h1-6,12-14,23H,7-8H2,(H,26,27)/b6-3+/t12?,13-,14+/m0/s1. The zero-order chi connectivity index (χ0) is 20.9. The lowest BCUT2D eigenvalue weighted by Crippen LogP contribution is -2.71. The van der Waals surface area contributed by atoms with Crippen LogP contribution in [0.3, 0.4) is 0 Å². The first-order valence-corrected chi connectivity index (χ1v) is 8.79. The zero-order valence-corrected chi connectivity index (χ0v) is 14.8. The molecule has 1 unspecified atom stereocenters. The highest BCUT2D eigenvalue weighted by atomic mass is 19.4. The van der Waals surface area contributed by atoms with E-state index in [0.717, 1.165) is 0 Å². The fourth-order valence-electron chi connectivity index (χ4n) is 4.04. The lowest BCUT2D eigenvalue weighted by atomic mass is 9.79. The lowest BCUT2D eigenvalue weighted by molar-refractivity contribution is -0.189. The Balaban J connectivity index is 1.55. The fourth-order valence-corrected chi connectivity index (χ4v) is 4.04. The second kappa shape index (κ2) is 6.73. The number of carboxylic acid groups (broad SMARTS) is 1. The van der Waals surface area contributed by atoms with Crippen molar-refractivity contribution in [1.29, 1.82) is 0 Å². The number of halogens is 3. The first-order chi connectivity index (χ1) is 13.7. The maximum atomic E-state index is 12.2. The molecule has 0 spiro atoms. The Hall–Kier alpha value is -3.14. The highest BCUT2D eigenvalue weighted by molar-refractivity contribution is 6.02. The topological polar surface area (TPSA) is 95.9 Å². The molecule has 0 radical (unpaired) electrons. The Bertz CT molecular complexity index is 952. The highest BCUT2D eigenvalue weighted by Gasteiger charge is 2.60. The van der Waals surface area contributed by atoms with E-state index in [2.05, 4.69) is 10.1 Å². The number of nitrogens with one attached hydrogen (secondary N) is 1. The van der Waals surface area contributed by atoms with Crippen molar-refractivity contribution in [2.75, 3.05) is 6.54 Å². The quantitative estimate of drug-likeness (QED) is 0.448. The number of carbonyl (C=O) groups is 3. The van der Waals surface area contributed by atoms with Crippen LogP contribution in [0.25, 0.3) is 6.08 Å². The number of piperidine rings is 1. The number of hydrogen-bond acceptors (Lipinski definition) is 5. The number of hydrogen-bond donors (Lipinski definition) is 2. The molecule has 2 saturated heterocycles. The van der Waals surface area contributed by atoms with Gasteiger partial charge in [-0.15, -0.1) is 0 Å². The first-order valence-electron chi connectivity index (χ1n) is 8.79. The summed E-state index contributed by atoms with van der Waals surface area (Å²) in [6, 6.07) is 4.74. The molecule has 1 amide bonds. The molecule has 0 saturated carbocycles. The molecule has 152 valence electrons. The van der Waals surface area contributed by atoms with E-state index in [1.54, 1.807) is 12.2 Å². The third kappa shape index (κ3) is 3.19. The van der Waals surface area contributed by atoms with E-state index in [9.17, 15) is 32.7 Å². The molecule has 3 heterocycles. The van der Waals surface area contributed by atoms with Gasteiger partial charge in [0.25, 0.3) is 0 Å². The van der Waals surface area contributed by atoms with E-state index in [-0.39, 0.29) is 35.4 Å². The summed E-state index contributed by atoms with van der Waals surface area (Å²) in [6.45, 7) is 0.606. The SMILES string of the molecule is O=C(O)C1=C(/C=C/c2ccc(OC(=O)C(F)(F)F)cc2)C2CCN[C@@H]3C(=O)N1[C@H]23. The van der Waals surface area contributed by atoms with Gasteiger partial charge in [0.2, 0.25) is 5.91 Å². The van der Waals surface area contributed by atoms with E-state index in [0.29, 0.717) is 24.1 Å². The van der Waals surface area contributed by atoms with Crippen LogP contribution in [0.15, 0.2) is 41.6 Å². The van der Waals surface area contributed by atoms with E-state index in [4.69, 9.17) is 0 Å². The second-order valence-electron chi connectivity index (χ2n) is 6.92. The Morgan fingerprint density at radius 1 is 1.21 bits per heavy atom. The number of allylic oxidation sites excluding steroid dienone is 1. The van der Waals surface area contributed by atoms with Crippen molar-refractivity contribution >= 4 is 23.9 Å². The van der Waals surface area contributed by atoms with Gasteiger partial charge in [-0.1, -0.05) is 24.3 Å². The molecule has 7 nitrogen and oxygen atoms in total. The van der Waals surface area contributed by atoms with E-state index < -0.39 is 18.1 Å². The number of nitrogens with zero attached hydrogens (tertiary/aromatic N) is 1. The minimum absolute atomic E-state index is 0.0306. The van der Waals surface area contributed by atoms with Gasteiger partial charge in [0.05, 0.1) is 6.04 Å². The Kier molecular flexibility index (Phi) is 4.45. The van der Waals surface area contributed by atoms with Crippen molar-refractivity contribution in [3.8, 4) is 5.75 Å². The monoisotopic (exact) mass is 408 g/mol. The maximum absolute atomic E-state index is 12.2. The van der Waals surface area contributed by atoms with Crippen LogP contribution in [0.4, 0.5) is 13.2 Å². The van der Waals surface area contributed by atoms with Gasteiger partial charge in [-0.3, -0.25) is 9.69 Å². The molecule has 3 aliphatic rings. The zero-order valence-electron chi connectivity index (χ0n) is 14.8. The van der Waals surface area contributed by atoms with Crippen LogP contribution in [-0.2, 0) is 14.4 Å². The number of alkyl halides is 3. The lowest BCUT2D eigenvalue weighted by Gasteiger charge is -2.48. The molecule has 1 aromatic rings. The number of benzene rings is 1. The van der Waals surface area contributed by atoms with Gasteiger partial charge in [0, 0.05) is 5.92 Å². The summed E-state index contributed by atoms with van der Waals surface area (Å²) < 4.78 is 40.9. The Labute approximate surface area is 162 Å². The van der Waals surface area contributed by atoms with E-state index in [1.165, 1.54) is 29.2 Å². The third-order valence-electron chi connectivity index (χ3n) is 5.27. The van der Waals surface area contributed by atoms with Gasteiger partial charge < -0.3 is 15.2 Å². The molecular formula is C19H15F3N2O5. The van der Waals surface area contributed by atoms with Crippen LogP contribution < -0.4 is 10.1 Å². The van der Waals surface area contributed by atoms with Crippen LogP contribution in [0.5, 0.6) is 5.75 Å². The van der Waals surface area contributed by atoms with Crippen molar-refractivity contribution in [2.24, 2.45) is 5.92 Å². The third-order valence-corrected chi connectivity index (χ3v) is 5.27. The molecule has 0 aliphatic carbocycles. The number of carbonyl (C=O) groups excluding carboxylic acids is 2. The molecule has 4 rings (SSSR count). The van der Waals surface area contributed by atoms with Crippen LogP contribution in [-0.4, -0.2) is 52.7 Å². The minimum Gasteiger partial charge on any atom is -0.477 e. The number of carboxylic acids is 1. The number of amides is 1. The van der Waals surface area contributed by atoms with Gasteiger partial charge in [-0.05, 0) is 36.2 Å². The number of ether oxygens (including phenoxy) is 1. The summed E-state index contributed by atoms with van der Waals surface area (Å²) in [7, 11) is 0. The molecule has 1 aromatic carbocycles. The van der Waals surface area contributed by atoms with Gasteiger partial charge in [0.1, 0.15) is 17.5 Å². The summed E-state index contributed by atoms with van der Waals surface area (Å²) in [4.78, 5) is 36.1. The van der Waals surface area contributed by atoms with Gasteiger partial charge in [0.15, 0.2) is 0 Å².